The van der Waals surface area contributed by atoms with Crippen molar-refractivity contribution in [2.45, 2.75) is 29.2 Å². The zero-order valence-electron chi connectivity index (χ0n) is 21.7. The molecule has 0 heterocycles. The largest absolute Gasteiger partial charge is 0.458 e. The van der Waals surface area contributed by atoms with Crippen LogP contribution in [0.25, 0.3) is 0 Å². The van der Waals surface area contributed by atoms with Crippen LogP contribution >= 0.6 is 34.8 Å². The smallest absolute Gasteiger partial charge is 0.338 e. The first-order valence-corrected chi connectivity index (χ1v) is 13.4. The van der Waals surface area contributed by atoms with Crippen LogP contribution < -0.4 is 0 Å². The Labute approximate surface area is 251 Å². The molecular weight excluding hydrogens is 597 g/mol. The summed E-state index contributed by atoms with van der Waals surface area (Å²) in [7, 11) is 0. The molecule has 0 radical (unpaired) electrons. The summed E-state index contributed by atoms with van der Waals surface area (Å²) < 4.78 is 25.4. The van der Waals surface area contributed by atoms with Gasteiger partial charge in [0.25, 0.3) is 3.79 Å². The van der Waals surface area contributed by atoms with Gasteiger partial charge in [0.1, 0.15) is 6.61 Å². The van der Waals surface area contributed by atoms with Crippen LogP contribution in [0.5, 0.6) is 0 Å². The van der Waals surface area contributed by atoms with E-state index < -0.39 is 59.3 Å². The number of hydrogen-bond donors (Lipinski definition) is 1. The van der Waals surface area contributed by atoms with Crippen LogP contribution in [0.3, 0.4) is 0 Å². The second-order valence-electron chi connectivity index (χ2n) is 8.43. The summed E-state index contributed by atoms with van der Waals surface area (Å²) in [5.74, 6) is -2.89. The Morgan fingerprint density at radius 3 is 1.46 bits per heavy atom. The van der Waals surface area contributed by atoms with Crippen molar-refractivity contribution in [3.63, 3.8) is 0 Å². The van der Waals surface area contributed by atoms with Crippen molar-refractivity contribution in [2.24, 2.45) is 0 Å². The highest BCUT2D eigenvalue weighted by Gasteiger charge is 2.34. The number of ether oxygens (including phenoxy) is 5. The number of hydrogen-bond acceptors (Lipinski definition) is 9. The van der Waals surface area contributed by atoms with Gasteiger partial charge in [-0.05, 0) is 43.3 Å². The molecule has 0 amide bonds. The quantitative estimate of drug-likeness (QED) is 0.0650. The summed E-state index contributed by atoms with van der Waals surface area (Å²) in [5.41, 5.74) is 0.699. The summed E-state index contributed by atoms with van der Waals surface area (Å²) in [6.07, 6.45) is -3.76. The van der Waals surface area contributed by atoms with Gasteiger partial charge in [-0.15, -0.1) is 0 Å². The maximum Gasteiger partial charge on any atom is 0.338 e. The van der Waals surface area contributed by atoms with Crippen LogP contribution in [0.4, 0.5) is 0 Å². The highest BCUT2D eigenvalue weighted by molar-refractivity contribution is 6.76. The lowest BCUT2D eigenvalue weighted by atomic mass is 10.2. The van der Waals surface area contributed by atoms with E-state index >= 15 is 0 Å². The van der Waals surface area contributed by atoms with E-state index in [0.29, 0.717) is 0 Å². The molecule has 0 aliphatic rings. The molecule has 41 heavy (non-hydrogen) atoms. The number of benzene rings is 3. The number of esters is 3. The van der Waals surface area contributed by atoms with Gasteiger partial charge < -0.3 is 23.7 Å². The Bertz CT molecular complexity index is 1300. The van der Waals surface area contributed by atoms with E-state index in [1.807, 2.05) is 0 Å². The van der Waals surface area contributed by atoms with Crippen LogP contribution in [-0.4, -0.2) is 59.3 Å². The highest BCUT2D eigenvalue weighted by Crippen LogP contribution is 2.28. The predicted molar refractivity (Wildman–Crippen MR) is 153 cm³/mol. The molecule has 216 valence electrons. The molecule has 3 aromatic rings. The first-order chi connectivity index (χ1) is 19.5. The molecule has 12 heteroatoms. The minimum atomic E-state index is -2.13. The molecule has 0 spiro atoms. The van der Waals surface area contributed by atoms with Crippen molar-refractivity contribution in [1.82, 2.24) is 0 Å². The molecule has 0 aliphatic heterocycles. The summed E-state index contributed by atoms with van der Waals surface area (Å²) in [6.45, 7) is 0.519. The Balaban J connectivity index is 1.84. The first-order valence-electron chi connectivity index (χ1n) is 12.2. The van der Waals surface area contributed by atoms with Crippen LogP contribution in [0.15, 0.2) is 91.0 Å². The molecule has 9 nitrogen and oxygen atoms in total. The lowest BCUT2D eigenvalue weighted by Gasteiger charge is -2.28. The van der Waals surface area contributed by atoms with Crippen molar-refractivity contribution in [2.75, 3.05) is 13.2 Å². The van der Waals surface area contributed by atoms with Crippen LogP contribution in [0, 0.1) is 5.41 Å². The molecule has 2 unspecified atom stereocenters. The monoisotopic (exact) mass is 621 g/mol. The summed E-state index contributed by atoms with van der Waals surface area (Å²) in [4.78, 5) is 38.6. The zero-order valence-corrected chi connectivity index (χ0v) is 24.0. The molecule has 0 aliphatic carbocycles. The Kier molecular flexibility index (Phi) is 12.0. The standard InChI is InChI=1S/C29H26Cl3NO8/c1-19(39-28(33)29(30,31)32)37-17-23(40-26(35)21-13-7-3-8-14-21)24(41-27(36)22-15-9-4-10-16-22)18-38-25(34)20-11-5-2-6-12-20/h2-16,19,23-24,33H,17-18H2,1H3/t19?,23-,24?/m0/s1. The van der Waals surface area contributed by atoms with Crippen molar-refractivity contribution in [3.05, 3.63) is 108 Å². The molecule has 0 bridgehead atoms. The Hall–Kier alpha value is -3.63. The lowest BCUT2D eigenvalue weighted by Crippen LogP contribution is -2.43. The minimum Gasteiger partial charge on any atom is -0.458 e. The molecule has 0 aromatic heterocycles. The van der Waals surface area contributed by atoms with Crippen LogP contribution in [0.2, 0.25) is 0 Å². The fraction of sp³-hybridized carbons (Fsp3) is 0.241. The molecular formula is C29H26Cl3NO8. The van der Waals surface area contributed by atoms with Crippen molar-refractivity contribution >= 4 is 58.6 Å². The maximum absolute atomic E-state index is 13.0. The van der Waals surface area contributed by atoms with E-state index in [1.165, 1.54) is 31.2 Å². The van der Waals surface area contributed by atoms with Gasteiger partial charge in [0.2, 0.25) is 5.90 Å². The first kappa shape index (κ1) is 31.9. The minimum absolute atomic E-state index is 0.216. The van der Waals surface area contributed by atoms with Gasteiger partial charge in [-0.25, -0.2) is 14.4 Å². The Morgan fingerprint density at radius 1 is 0.659 bits per heavy atom. The molecule has 3 aromatic carbocycles. The number of nitrogens with one attached hydrogen (secondary N) is 1. The van der Waals surface area contributed by atoms with Gasteiger partial charge in [0, 0.05) is 0 Å². The van der Waals surface area contributed by atoms with Crippen molar-refractivity contribution in [3.8, 4) is 0 Å². The molecule has 0 saturated heterocycles. The summed E-state index contributed by atoms with van der Waals surface area (Å²) in [5, 5.41) is 7.74. The second-order valence-corrected chi connectivity index (χ2v) is 10.7. The van der Waals surface area contributed by atoms with Gasteiger partial charge in [-0.1, -0.05) is 89.4 Å². The molecule has 1 N–H and O–H groups in total. The van der Waals surface area contributed by atoms with Crippen LogP contribution in [0.1, 0.15) is 38.0 Å². The predicted octanol–water partition coefficient (Wildman–Crippen LogP) is 6.02. The molecule has 0 fully saturated rings. The molecule has 3 rings (SSSR count). The zero-order chi connectivity index (χ0) is 29.8. The number of rotatable bonds is 12. The number of halogens is 3. The van der Waals surface area contributed by atoms with Crippen LogP contribution in [-0.2, 0) is 23.7 Å². The van der Waals surface area contributed by atoms with Gasteiger partial charge >= 0.3 is 17.9 Å². The third-order valence-electron chi connectivity index (χ3n) is 5.38. The van der Waals surface area contributed by atoms with E-state index in [9.17, 15) is 14.4 Å². The van der Waals surface area contributed by atoms with Gasteiger partial charge in [-0.2, -0.15) is 0 Å². The normalized spacial score (nSPS) is 13.3. The third kappa shape index (κ3) is 10.4. The fourth-order valence-corrected chi connectivity index (χ4v) is 3.44. The van der Waals surface area contributed by atoms with E-state index in [2.05, 4.69) is 0 Å². The average Bonchev–Trinajstić information content (AvgIpc) is 2.97. The molecule has 3 atom stereocenters. The van der Waals surface area contributed by atoms with Gasteiger partial charge in [-0.3, -0.25) is 5.41 Å². The Morgan fingerprint density at radius 2 is 1.05 bits per heavy atom. The van der Waals surface area contributed by atoms with Crippen molar-refractivity contribution in [1.29, 1.82) is 5.41 Å². The van der Waals surface area contributed by atoms with Crippen molar-refractivity contribution < 1.29 is 38.1 Å². The van der Waals surface area contributed by atoms with E-state index in [0.717, 1.165) is 0 Å². The highest BCUT2D eigenvalue weighted by atomic mass is 35.6. The maximum atomic E-state index is 13.0. The fourth-order valence-electron chi connectivity index (χ4n) is 3.31. The average molecular weight is 623 g/mol. The number of carbonyl (C=O) groups is 3. The van der Waals surface area contributed by atoms with Gasteiger partial charge in [0.05, 0.1) is 23.3 Å². The third-order valence-corrected chi connectivity index (χ3v) is 5.89. The second kappa shape index (κ2) is 15.4. The number of alkyl halides is 3. The van der Waals surface area contributed by atoms with E-state index in [4.69, 9.17) is 63.9 Å². The van der Waals surface area contributed by atoms with E-state index in [-0.39, 0.29) is 16.7 Å². The summed E-state index contributed by atoms with van der Waals surface area (Å²) >= 11 is 17.0. The number of carbonyl (C=O) groups excluding carboxylic acids is 3. The topological polar surface area (TPSA) is 121 Å². The SMILES string of the molecule is CC(OC[C@H](OC(=O)c1ccccc1)C(COC(=O)c1ccccc1)OC(=O)c1ccccc1)OC(=N)C(Cl)(Cl)Cl. The lowest BCUT2D eigenvalue weighted by molar-refractivity contribution is -0.131. The van der Waals surface area contributed by atoms with Gasteiger partial charge in [0.15, 0.2) is 18.5 Å². The molecule has 0 saturated carbocycles. The van der Waals surface area contributed by atoms with E-state index in [1.54, 1.807) is 66.7 Å². The summed E-state index contributed by atoms with van der Waals surface area (Å²) in [6, 6.07) is 24.4.